The molecule has 0 fully saturated rings. The molecule has 0 aliphatic heterocycles. The Morgan fingerprint density at radius 1 is 1.44 bits per heavy atom. The summed E-state index contributed by atoms with van der Waals surface area (Å²) in [5.41, 5.74) is 0.275. The van der Waals surface area contributed by atoms with Gasteiger partial charge < -0.3 is 5.32 Å². The van der Waals surface area contributed by atoms with E-state index in [1.54, 1.807) is 36.3 Å². The molecule has 2 heterocycles. The van der Waals surface area contributed by atoms with Crippen molar-refractivity contribution >= 4 is 21.8 Å². The molecule has 1 amide bonds. The van der Waals surface area contributed by atoms with Gasteiger partial charge in [-0.15, -0.1) is 10.2 Å². The highest BCUT2D eigenvalue weighted by molar-refractivity contribution is 9.10. The number of hydrogen-bond donors (Lipinski definition) is 1. The molecule has 0 bridgehead atoms. The summed E-state index contributed by atoms with van der Waals surface area (Å²) in [6, 6.07) is 3.27. The topological polar surface area (TPSA) is 72.7 Å². The van der Waals surface area contributed by atoms with Crippen LogP contribution in [0.25, 0.3) is 5.82 Å². The van der Waals surface area contributed by atoms with Crippen molar-refractivity contribution in [2.75, 3.05) is 7.05 Å². The third-order valence-corrected chi connectivity index (χ3v) is 2.31. The Labute approximate surface area is 99.8 Å². The first kappa shape index (κ1) is 10.7. The first-order valence-corrected chi connectivity index (χ1v) is 5.26. The van der Waals surface area contributed by atoms with Gasteiger partial charge >= 0.3 is 0 Å². The summed E-state index contributed by atoms with van der Waals surface area (Å²) in [6.07, 6.45) is 3.40. The first-order chi connectivity index (χ1) is 7.70. The Bertz CT molecular complexity index is 507. The van der Waals surface area contributed by atoms with Crippen molar-refractivity contribution in [3.05, 3.63) is 34.7 Å². The van der Waals surface area contributed by atoms with Crippen LogP contribution in [0.3, 0.4) is 0 Å². The van der Waals surface area contributed by atoms with Crippen LogP contribution in [-0.4, -0.2) is 32.9 Å². The molecular formula is C9H8BrN5O. The second kappa shape index (κ2) is 4.40. The van der Waals surface area contributed by atoms with Crippen LogP contribution in [0.5, 0.6) is 0 Å². The van der Waals surface area contributed by atoms with Crippen molar-refractivity contribution in [1.82, 2.24) is 25.3 Å². The standard InChI is InChI=1S/C9H8BrN5O/c1-11-9(16)7-2-3-8(14-13-7)15-5-6(10)4-12-15/h2-5H,1H3,(H,11,16). The van der Waals surface area contributed by atoms with E-state index >= 15 is 0 Å². The lowest BCUT2D eigenvalue weighted by Gasteiger charge is -2.00. The van der Waals surface area contributed by atoms with E-state index in [4.69, 9.17) is 0 Å². The Hall–Kier alpha value is -1.76. The number of hydrogen-bond acceptors (Lipinski definition) is 4. The fourth-order valence-electron chi connectivity index (χ4n) is 1.12. The van der Waals surface area contributed by atoms with Crippen molar-refractivity contribution in [1.29, 1.82) is 0 Å². The molecule has 0 radical (unpaired) electrons. The monoisotopic (exact) mass is 281 g/mol. The quantitative estimate of drug-likeness (QED) is 0.883. The maximum absolute atomic E-state index is 11.2. The van der Waals surface area contributed by atoms with Crippen molar-refractivity contribution in [3.63, 3.8) is 0 Å². The van der Waals surface area contributed by atoms with E-state index in [1.807, 2.05) is 0 Å². The number of nitrogens with one attached hydrogen (secondary N) is 1. The minimum atomic E-state index is -0.263. The van der Waals surface area contributed by atoms with Gasteiger partial charge in [-0.3, -0.25) is 4.79 Å². The maximum Gasteiger partial charge on any atom is 0.271 e. The van der Waals surface area contributed by atoms with Crippen molar-refractivity contribution < 1.29 is 4.79 Å². The molecule has 7 heteroatoms. The summed E-state index contributed by atoms with van der Waals surface area (Å²) >= 11 is 3.28. The van der Waals surface area contributed by atoms with E-state index in [0.29, 0.717) is 5.82 Å². The average Bonchev–Trinajstić information content (AvgIpc) is 2.75. The van der Waals surface area contributed by atoms with Gasteiger partial charge in [0.2, 0.25) is 0 Å². The lowest BCUT2D eigenvalue weighted by molar-refractivity contribution is 0.0957. The SMILES string of the molecule is CNC(=O)c1ccc(-n2cc(Br)cn2)nn1. The zero-order valence-corrected chi connectivity index (χ0v) is 9.97. The van der Waals surface area contributed by atoms with Crippen LogP contribution in [0.2, 0.25) is 0 Å². The minimum Gasteiger partial charge on any atom is -0.354 e. The van der Waals surface area contributed by atoms with Gasteiger partial charge in [0, 0.05) is 13.2 Å². The molecule has 16 heavy (non-hydrogen) atoms. The van der Waals surface area contributed by atoms with Gasteiger partial charge in [0.05, 0.1) is 10.7 Å². The molecule has 82 valence electrons. The molecule has 2 aromatic heterocycles. The van der Waals surface area contributed by atoms with Gasteiger partial charge in [-0.1, -0.05) is 0 Å². The van der Waals surface area contributed by atoms with Crippen LogP contribution in [0.4, 0.5) is 0 Å². The number of halogens is 1. The molecule has 0 atom stereocenters. The Morgan fingerprint density at radius 3 is 2.75 bits per heavy atom. The van der Waals surface area contributed by atoms with Gasteiger partial charge in [-0.05, 0) is 28.1 Å². The number of rotatable bonds is 2. The van der Waals surface area contributed by atoms with Crippen molar-refractivity contribution in [2.24, 2.45) is 0 Å². The van der Waals surface area contributed by atoms with E-state index in [1.165, 1.54) is 0 Å². The predicted octanol–water partition coefficient (Wildman–Crippen LogP) is 0.784. The summed E-state index contributed by atoms with van der Waals surface area (Å²) in [5.74, 6) is 0.291. The zero-order chi connectivity index (χ0) is 11.5. The molecule has 0 aliphatic carbocycles. The van der Waals surface area contributed by atoms with E-state index in [0.717, 1.165) is 4.47 Å². The second-order valence-electron chi connectivity index (χ2n) is 2.96. The number of carbonyl (C=O) groups excluding carboxylic acids is 1. The van der Waals surface area contributed by atoms with Gasteiger partial charge in [0.25, 0.3) is 5.91 Å². The lowest BCUT2D eigenvalue weighted by Crippen LogP contribution is -2.19. The molecule has 2 rings (SSSR count). The highest BCUT2D eigenvalue weighted by atomic mass is 79.9. The van der Waals surface area contributed by atoms with Crippen LogP contribution >= 0.6 is 15.9 Å². The van der Waals surface area contributed by atoms with E-state index in [9.17, 15) is 4.79 Å². The van der Waals surface area contributed by atoms with Gasteiger partial charge in [-0.2, -0.15) is 5.10 Å². The largest absolute Gasteiger partial charge is 0.354 e. The molecule has 0 aliphatic rings. The third kappa shape index (κ3) is 2.08. The molecule has 0 aromatic carbocycles. The molecule has 0 spiro atoms. The summed E-state index contributed by atoms with van der Waals surface area (Å²) in [6.45, 7) is 0. The Balaban J connectivity index is 2.29. The summed E-state index contributed by atoms with van der Waals surface area (Å²) < 4.78 is 2.41. The average molecular weight is 282 g/mol. The smallest absolute Gasteiger partial charge is 0.271 e. The summed E-state index contributed by atoms with van der Waals surface area (Å²) in [7, 11) is 1.54. The lowest BCUT2D eigenvalue weighted by atomic mass is 10.3. The number of aromatic nitrogens is 4. The Kier molecular flexibility index (Phi) is 2.95. The van der Waals surface area contributed by atoms with Crippen LogP contribution < -0.4 is 5.32 Å². The number of amides is 1. The highest BCUT2D eigenvalue weighted by Crippen LogP contribution is 2.10. The maximum atomic E-state index is 11.2. The predicted molar refractivity (Wildman–Crippen MR) is 60.2 cm³/mol. The fourth-order valence-corrected chi connectivity index (χ4v) is 1.41. The first-order valence-electron chi connectivity index (χ1n) is 4.47. The van der Waals surface area contributed by atoms with Gasteiger partial charge in [0.1, 0.15) is 0 Å². The summed E-state index contributed by atoms with van der Waals surface area (Å²) in [4.78, 5) is 11.2. The van der Waals surface area contributed by atoms with Crippen molar-refractivity contribution in [3.8, 4) is 5.82 Å². The molecule has 0 saturated carbocycles. The molecule has 0 unspecified atom stereocenters. The molecular weight excluding hydrogens is 274 g/mol. The summed E-state index contributed by atoms with van der Waals surface area (Å²) in [5, 5.41) is 14.2. The fraction of sp³-hybridized carbons (Fsp3) is 0.111. The molecule has 0 saturated heterocycles. The van der Waals surface area contributed by atoms with Gasteiger partial charge in [-0.25, -0.2) is 4.68 Å². The Morgan fingerprint density at radius 2 is 2.25 bits per heavy atom. The normalized spacial score (nSPS) is 10.1. The van der Waals surface area contributed by atoms with E-state index in [2.05, 4.69) is 36.5 Å². The molecule has 2 aromatic rings. The molecule has 1 N–H and O–H groups in total. The van der Waals surface area contributed by atoms with E-state index in [-0.39, 0.29) is 11.6 Å². The van der Waals surface area contributed by atoms with Crippen LogP contribution in [-0.2, 0) is 0 Å². The number of carbonyl (C=O) groups is 1. The molecule has 6 nitrogen and oxygen atoms in total. The van der Waals surface area contributed by atoms with Gasteiger partial charge in [0.15, 0.2) is 11.5 Å². The van der Waals surface area contributed by atoms with Crippen LogP contribution in [0.15, 0.2) is 29.0 Å². The minimum absolute atomic E-state index is 0.263. The van der Waals surface area contributed by atoms with Crippen molar-refractivity contribution in [2.45, 2.75) is 0 Å². The van der Waals surface area contributed by atoms with Crippen LogP contribution in [0.1, 0.15) is 10.5 Å². The zero-order valence-electron chi connectivity index (χ0n) is 8.38. The third-order valence-electron chi connectivity index (χ3n) is 1.90. The highest BCUT2D eigenvalue weighted by Gasteiger charge is 2.06. The van der Waals surface area contributed by atoms with Crippen LogP contribution in [0, 0.1) is 0 Å². The second-order valence-corrected chi connectivity index (χ2v) is 3.87. The number of nitrogens with zero attached hydrogens (tertiary/aromatic N) is 4. The van der Waals surface area contributed by atoms with E-state index < -0.39 is 0 Å².